The summed E-state index contributed by atoms with van der Waals surface area (Å²) in [5.41, 5.74) is 3.27. The maximum atomic E-state index is 11.7. The Morgan fingerprint density at radius 3 is 2.84 bits per heavy atom. The molecule has 0 aromatic heterocycles. The van der Waals surface area contributed by atoms with Crippen LogP contribution in [0.5, 0.6) is 0 Å². The molecular weight excluding hydrogens is 244 g/mol. The van der Waals surface area contributed by atoms with E-state index in [9.17, 15) is 9.59 Å². The summed E-state index contributed by atoms with van der Waals surface area (Å²) in [7, 11) is 0. The van der Waals surface area contributed by atoms with Crippen LogP contribution in [0.2, 0.25) is 0 Å². The second-order valence-electron chi connectivity index (χ2n) is 5.03. The minimum Gasteiger partial charge on any atom is -0.481 e. The van der Waals surface area contributed by atoms with Gasteiger partial charge in [0.25, 0.3) is 0 Å². The van der Waals surface area contributed by atoms with Gasteiger partial charge >= 0.3 is 5.97 Å². The summed E-state index contributed by atoms with van der Waals surface area (Å²) in [5, 5.41) is 11.5. The van der Waals surface area contributed by atoms with Gasteiger partial charge in [-0.25, -0.2) is 0 Å². The summed E-state index contributed by atoms with van der Waals surface area (Å²) in [6.45, 7) is 4.83. The summed E-state index contributed by atoms with van der Waals surface area (Å²) in [5.74, 6) is -1.02. The summed E-state index contributed by atoms with van der Waals surface area (Å²) < 4.78 is 0. The number of hydrogen-bond donors (Lipinski definition) is 2. The summed E-state index contributed by atoms with van der Waals surface area (Å²) in [6.07, 6.45) is -0.0485. The molecule has 2 rings (SSSR count). The standard InChI is InChI=1S/C14H18N2O3/c1-9-3-4-12(10(2)5-9)16-7-11(6-14(18)19)15-13(17)8-16/h3-5,11H,6-8H2,1-2H3,(H,15,17)(H,18,19). The quantitative estimate of drug-likeness (QED) is 0.855. The monoisotopic (exact) mass is 262 g/mol. The Morgan fingerprint density at radius 1 is 1.47 bits per heavy atom. The highest BCUT2D eigenvalue weighted by Gasteiger charge is 2.26. The number of anilines is 1. The lowest BCUT2D eigenvalue weighted by molar-refractivity contribution is -0.137. The van der Waals surface area contributed by atoms with Crippen LogP contribution in [-0.2, 0) is 9.59 Å². The van der Waals surface area contributed by atoms with Gasteiger partial charge < -0.3 is 15.3 Å². The molecule has 102 valence electrons. The molecule has 0 radical (unpaired) electrons. The molecule has 1 aliphatic rings. The minimum atomic E-state index is -0.896. The highest BCUT2D eigenvalue weighted by Crippen LogP contribution is 2.22. The Bertz CT molecular complexity index is 511. The average molecular weight is 262 g/mol. The van der Waals surface area contributed by atoms with Gasteiger partial charge in [0.1, 0.15) is 0 Å². The third-order valence-corrected chi connectivity index (χ3v) is 3.25. The molecule has 0 aliphatic carbocycles. The summed E-state index contributed by atoms with van der Waals surface area (Å²) in [4.78, 5) is 24.4. The Hall–Kier alpha value is -2.04. The van der Waals surface area contributed by atoms with Crippen molar-refractivity contribution in [2.24, 2.45) is 0 Å². The number of nitrogens with zero attached hydrogens (tertiary/aromatic N) is 1. The molecule has 0 saturated carbocycles. The smallest absolute Gasteiger partial charge is 0.305 e. The number of carboxylic acid groups (broad SMARTS) is 1. The number of hydrogen-bond acceptors (Lipinski definition) is 3. The number of rotatable bonds is 3. The molecule has 1 heterocycles. The van der Waals surface area contributed by atoms with Gasteiger partial charge in [0, 0.05) is 12.2 Å². The van der Waals surface area contributed by atoms with Gasteiger partial charge in [-0.3, -0.25) is 9.59 Å². The number of carboxylic acids is 1. The van der Waals surface area contributed by atoms with E-state index in [1.165, 1.54) is 5.56 Å². The third kappa shape index (κ3) is 3.24. The van der Waals surface area contributed by atoms with Gasteiger partial charge in [0.15, 0.2) is 0 Å². The molecule has 2 N–H and O–H groups in total. The van der Waals surface area contributed by atoms with Crippen molar-refractivity contribution in [3.8, 4) is 0 Å². The van der Waals surface area contributed by atoms with E-state index in [1.807, 2.05) is 30.9 Å². The van der Waals surface area contributed by atoms with E-state index in [0.717, 1.165) is 11.3 Å². The third-order valence-electron chi connectivity index (χ3n) is 3.25. The largest absolute Gasteiger partial charge is 0.481 e. The molecule has 1 fully saturated rings. The van der Waals surface area contributed by atoms with Crippen LogP contribution in [0.25, 0.3) is 0 Å². The molecule has 5 nitrogen and oxygen atoms in total. The fraction of sp³-hybridized carbons (Fsp3) is 0.429. The van der Waals surface area contributed by atoms with Gasteiger partial charge in [-0.2, -0.15) is 0 Å². The lowest BCUT2D eigenvalue weighted by Gasteiger charge is -2.34. The molecular formula is C14H18N2O3. The van der Waals surface area contributed by atoms with Crippen molar-refractivity contribution in [1.82, 2.24) is 5.32 Å². The molecule has 1 amide bonds. The van der Waals surface area contributed by atoms with Gasteiger partial charge in [-0.05, 0) is 25.5 Å². The number of benzene rings is 1. The van der Waals surface area contributed by atoms with Gasteiger partial charge in [0.2, 0.25) is 5.91 Å². The van der Waals surface area contributed by atoms with Crippen molar-refractivity contribution in [3.05, 3.63) is 29.3 Å². The molecule has 1 aromatic carbocycles. The van der Waals surface area contributed by atoms with E-state index in [4.69, 9.17) is 5.11 Å². The predicted molar refractivity (Wildman–Crippen MR) is 72.3 cm³/mol. The molecule has 1 aliphatic heterocycles. The first-order valence-corrected chi connectivity index (χ1v) is 6.29. The average Bonchev–Trinajstić information content (AvgIpc) is 2.26. The molecule has 1 saturated heterocycles. The fourth-order valence-corrected chi connectivity index (χ4v) is 2.49. The minimum absolute atomic E-state index is 0.0485. The first-order valence-electron chi connectivity index (χ1n) is 6.29. The van der Waals surface area contributed by atoms with E-state index in [1.54, 1.807) is 0 Å². The summed E-state index contributed by atoms with van der Waals surface area (Å²) in [6, 6.07) is 5.72. The van der Waals surface area contributed by atoms with Crippen molar-refractivity contribution < 1.29 is 14.7 Å². The molecule has 5 heteroatoms. The zero-order valence-electron chi connectivity index (χ0n) is 11.1. The number of piperazine rings is 1. The van der Waals surface area contributed by atoms with Crippen LogP contribution in [0.1, 0.15) is 17.5 Å². The van der Waals surface area contributed by atoms with Crippen molar-refractivity contribution in [3.63, 3.8) is 0 Å². The predicted octanol–water partition coefficient (Wildman–Crippen LogP) is 1.08. The first kappa shape index (κ1) is 13.4. The van der Waals surface area contributed by atoms with E-state index in [-0.39, 0.29) is 24.9 Å². The van der Waals surface area contributed by atoms with Crippen LogP contribution in [-0.4, -0.2) is 36.1 Å². The van der Waals surface area contributed by atoms with Gasteiger partial charge in [0.05, 0.1) is 19.0 Å². The van der Waals surface area contributed by atoms with Gasteiger partial charge in [-0.1, -0.05) is 17.7 Å². The van der Waals surface area contributed by atoms with Crippen LogP contribution >= 0.6 is 0 Å². The lowest BCUT2D eigenvalue weighted by atomic mass is 10.1. The van der Waals surface area contributed by atoms with Crippen LogP contribution < -0.4 is 10.2 Å². The van der Waals surface area contributed by atoms with E-state index >= 15 is 0 Å². The number of nitrogens with one attached hydrogen (secondary N) is 1. The normalized spacial score (nSPS) is 19.2. The van der Waals surface area contributed by atoms with Crippen LogP contribution in [0.15, 0.2) is 18.2 Å². The van der Waals surface area contributed by atoms with Crippen molar-refractivity contribution >= 4 is 17.6 Å². The SMILES string of the molecule is Cc1ccc(N2CC(=O)NC(CC(=O)O)C2)c(C)c1. The zero-order valence-corrected chi connectivity index (χ0v) is 11.1. The number of aliphatic carboxylic acids is 1. The molecule has 0 spiro atoms. The highest BCUT2D eigenvalue weighted by atomic mass is 16.4. The van der Waals surface area contributed by atoms with Crippen LogP contribution in [0, 0.1) is 13.8 Å². The van der Waals surface area contributed by atoms with Crippen LogP contribution in [0.3, 0.4) is 0 Å². The second-order valence-corrected chi connectivity index (χ2v) is 5.03. The van der Waals surface area contributed by atoms with E-state index in [0.29, 0.717) is 6.54 Å². The molecule has 1 atom stereocenters. The molecule has 19 heavy (non-hydrogen) atoms. The topological polar surface area (TPSA) is 69.6 Å². The summed E-state index contributed by atoms with van der Waals surface area (Å²) >= 11 is 0. The maximum absolute atomic E-state index is 11.7. The fourth-order valence-electron chi connectivity index (χ4n) is 2.49. The van der Waals surface area contributed by atoms with Crippen molar-refractivity contribution in [2.45, 2.75) is 26.3 Å². The second kappa shape index (κ2) is 5.30. The lowest BCUT2D eigenvalue weighted by Crippen LogP contribution is -2.55. The first-order chi connectivity index (χ1) is 8.95. The maximum Gasteiger partial charge on any atom is 0.305 e. The number of carbonyl (C=O) groups is 2. The Balaban J connectivity index is 2.19. The number of aryl methyl sites for hydroxylation is 2. The van der Waals surface area contributed by atoms with E-state index in [2.05, 4.69) is 11.4 Å². The Morgan fingerprint density at radius 2 is 2.21 bits per heavy atom. The highest BCUT2D eigenvalue weighted by molar-refractivity contribution is 5.84. The van der Waals surface area contributed by atoms with Crippen molar-refractivity contribution in [1.29, 1.82) is 0 Å². The molecule has 1 unspecified atom stereocenters. The Kier molecular flexibility index (Phi) is 3.74. The number of amides is 1. The zero-order chi connectivity index (χ0) is 14.0. The molecule has 0 bridgehead atoms. The van der Waals surface area contributed by atoms with E-state index < -0.39 is 5.97 Å². The van der Waals surface area contributed by atoms with Gasteiger partial charge in [-0.15, -0.1) is 0 Å². The van der Waals surface area contributed by atoms with Crippen LogP contribution in [0.4, 0.5) is 5.69 Å². The van der Waals surface area contributed by atoms with Crippen molar-refractivity contribution in [2.75, 3.05) is 18.0 Å². The number of carbonyl (C=O) groups excluding carboxylic acids is 1. The Labute approximate surface area is 112 Å². The molecule has 1 aromatic rings.